The highest BCUT2D eigenvalue weighted by Crippen LogP contribution is 2.11. The van der Waals surface area contributed by atoms with Gasteiger partial charge in [0.2, 0.25) is 0 Å². The molecule has 0 heterocycles. The molecule has 0 fully saturated rings. The highest BCUT2D eigenvalue weighted by Gasteiger charge is 2.18. The summed E-state index contributed by atoms with van der Waals surface area (Å²) in [6.07, 6.45) is 0. The fourth-order valence-electron chi connectivity index (χ4n) is 0. The van der Waals surface area contributed by atoms with Gasteiger partial charge in [0.1, 0.15) is 0 Å². The van der Waals surface area contributed by atoms with Crippen molar-refractivity contribution in [3.8, 4) is 0 Å². The molecule has 2 N–H and O–H groups in total. The van der Waals surface area contributed by atoms with Crippen LogP contribution >= 0.6 is 11.6 Å². The molecular formula is C6H11ClO4. The second-order valence-corrected chi connectivity index (χ2v) is 3.13. The molecule has 0 rings (SSSR count). The highest BCUT2D eigenvalue weighted by molar-refractivity contribution is 6.60. The Morgan fingerprint density at radius 2 is 1.27 bits per heavy atom. The summed E-state index contributed by atoms with van der Waals surface area (Å²) in [5.74, 6) is -0.757. The number of rotatable bonds is 0. The minimum absolute atomic E-state index is 0.583. The molecule has 0 spiro atoms. The van der Waals surface area contributed by atoms with Crippen molar-refractivity contribution in [1.82, 2.24) is 0 Å². The van der Waals surface area contributed by atoms with E-state index >= 15 is 0 Å². The van der Waals surface area contributed by atoms with Crippen LogP contribution < -0.4 is 0 Å². The lowest BCUT2D eigenvalue weighted by Gasteiger charge is -2.08. The third kappa shape index (κ3) is 17.6. The molecular weight excluding hydrogens is 172 g/mol. The molecule has 66 valence electrons. The SMILES string of the molecule is CC(C)(C)C(=O)O.O=C(O)Cl. The molecule has 5 heteroatoms. The molecule has 0 amide bonds. The molecule has 0 aliphatic heterocycles. The molecule has 0 aliphatic carbocycles. The van der Waals surface area contributed by atoms with Gasteiger partial charge < -0.3 is 10.2 Å². The van der Waals surface area contributed by atoms with Gasteiger partial charge in [-0.15, -0.1) is 0 Å². The normalized spacial score (nSPS) is 9.45. The van der Waals surface area contributed by atoms with Crippen molar-refractivity contribution in [1.29, 1.82) is 0 Å². The molecule has 0 bridgehead atoms. The van der Waals surface area contributed by atoms with Crippen LogP contribution in [0.4, 0.5) is 4.79 Å². The molecule has 0 unspecified atom stereocenters. The minimum atomic E-state index is -1.36. The topological polar surface area (TPSA) is 74.6 Å². The van der Waals surface area contributed by atoms with Gasteiger partial charge in [0.05, 0.1) is 5.41 Å². The Balaban J connectivity index is 0. The van der Waals surface area contributed by atoms with Crippen molar-refractivity contribution in [2.75, 3.05) is 0 Å². The maximum Gasteiger partial charge on any atom is 0.401 e. The van der Waals surface area contributed by atoms with Crippen LogP contribution in [0.15, 0.2) is 0 Å². The summed E-state index contributed by atoms with van der Waals surface area (Å²) >= 11 is 4.19. The fourth-order valence-corrected chi connectivity index (χ4v) is 0. The third-order valence-corrected chi connectivity index (χ3v) is 0.642. The van der Waals surface area contributed by atoms with E-state index in [-0.39, 0.29) is 0 Å². The van der Waals surface area contributed by atoms with Crippen molar-refractivity contribution in [3.63, 3.8) is 0 Å². The van der Waals surface area contributed by atoms with Gasteiger partial charge in [-0.1, -0.05) is 0 Å². The molecule has 0 radical (unpaired) electrons. The largest absolute Gasteiger partial charge is 0.481 e. The third-order valence-electron chi connectivity index (χ3n) is 0.642. The van der Waals surface area contributed by atoms with Gasteiger partial charge in [-0.25, -0.2) is 4.79 Å². The molecule has 11 heavy (non-hydrogen) atoms. The van der Waals surface area contributed by atoms with Crippen molar-refractivity contribution in [2.24, 2.45) is 5.41 Å². The quantitative estimate of drug-likeness (QED) is 0.562. The van der Waals surface area contributed by atoms with E-state index < -0.39 is 16.8 Å². The molecule has 0 saturated carbocycles. The number of hydrogen-bond donors (Lipinski definition) is 2. The van der Waals surface area contributed by atoms with Gasteiger partial charge in [-0.2, -0.15) is 0 Å². The van der Waals surface area contributed by atoms with Crippen molar-refractivity contribution < 1.29 is 19.8 Å². The number of halogens is 1. The number of carboxylic acid groups (broad SMARTS) is 2. The Kier molecular flexibility index (Phi) is 5.80. The predicted octanol–water partition coefficient (Wildman–Crippen LogP) is 2.02. The van der Waals surface area contributed by atoms with Gasteiger partial charge in [-0.05, 0) is 20.8 Å². The van der Waals surface area contributed by atoms with Crippen LogP contribution in [0.3, 0.4) is 0 Å². The first-order valence-electron chi connectivity index (χ1n) is 2.79. The maximum absolute atomic E-state index is 10.0. The standard InChI is InChI=1S/C5H10O2.CHClO2/c1-5(2,3)4(6)7;2-1(3)4/h1-3H3,(H,6,7);(H,3,4). The van der Waals surface area contributed by atoms with E-state index in [1.807, 2.05) is 0 Å². The van der Waals surface area contributed by atoms with E-state index in [1.54, 1.807) is 20.8 Å². The van der Waals surface area contributed by atoms with E-state index in [0.29, 0.717) is 0 Å². The smallest absolute Gasteiger partial charge is 0.401 e. The van der Waals surface area contributed by atoms with Gasteiger partial charge in [0, 0.05) is 11.6 Å². The zero-order valence-corrected chi connectivity index (χ0v) is 7.34. The molecule has 0 aromatic rings. The Bertz CT molecular complexity index is 143. The van der Waals surface area contributed by atoms with Crippen LogP contribution in [0.1, 0.15) is 20.8 Å². The average Bonchev–Trinajstić information content (AvgIpc) is 1.59. The van der Waals surface area contributed by atoms with Crippen molar-refractivity contribution in [3.05, 3.63) is 0 Å². The first-order chi connectivity index (χ1) is 4.68. The van der Waals surface area contributed by atoms with Gasteiger partial charge >= 0.3 is 11.4 Å². The van der Waals surface area contributed by atoms with Crippen LogP contribution in [0, 0.1) is 5.41 Å². The van der Waals surface area contributed by atoms with Crippen LogP contribution in [0.5, 0.6) is 0 Å². The van der Waals surface area contributed by atoms with Gasteiger partial charge in [0.15, 0.2) is 0 Å². The number of carbonyl (C=O) groups is 2. The Hall–Kier alpha value is -0.770. The summed E-state index contributed by atoms with van der Waals surface area (Å²) in [5, 5.41) is 15.4. The average molecular weight is 183 g/mol. The molecule has 0 aromatic heterocycles. The summed E-state index contributed by atoms with van der Waals surface area (Å²) in [7, 11) is 0. The molecule has 4 nitrogen and oxygen atoms in total. The zero-order chi connectivity index (χ0) is 9.65. The lowest BCUT2D eigenvalue weighted by atomic mass is 9.98. The first kappa shape index (κ1) is 12.9. The van der Waals surface area contributed by atoms with Crippen LogP contribution in [0.2, 0.25) is 0 Å². The Labute approximate surface area is 69.8 Å². The molecule has 0 aromatic carbocycles. The van der Waals surface area contributed by atoms with E-state index in [1.165, 1.54) is 0 Å². The summed E-state index contributed by atoms with van der Waals surface area (Å²) in [5.41, 5.74) is -1.94. The van der Waals surface area contributed by atoms with Gasteiger partial charge in [0.25, 0.3) is 0 Å². The van der Waals surface area contributed by atoms with Crippen LogP contribution in [-0.2, 0) is 4.79 Å². The summed E-state index contributed by atoms with van der Waals surface area (Å²) in [6.45, 7) is 4.99. The second-order valence-electron chi connectivity index (χ2n) is 2.81. The van der Waals surface area contributed by atoms with Crippen molar-refractivity contribution >= 4 is 23.0 Å². The Morgan fingerprint density at radius 3 is 1.27 bits per heavy atom. The fraction of sp³-hybridized carbons (Fsp3) is 0.667. The number of aliphatic carboxylic acids is 1. The first-order valence-corrected chi connectivity index (χ1v) is 3.17. The molecule has 0 atom stereocenters. The molecule has 0 saturated heterocycles. The maximum atomic E-state index is 10.0. The predicted molar refractivity (Wildman–Crippen MR) is 41.0 cm³/mol. The Morgan fingerprint density at radius 1 is 1.18 bits per heavy atom. The van der Waals surface area contributed by atoms with Crippen molar-refractivity contribution in [2.45, 2.75) is 20.8 Å². The lowest BCUT2D eigenvalue weighted by Crippen LogP contribution is -2.18. The second kappa shape index (κ2) is 4.96. The van der Waals surface area contributed by atoms with Gasteiger partial charge in [-0.3, -0.25) is 4.79 Å². The number of carboxylic acids is 1. The van der Waals surface area contributed by atoms with Crippen LogP contribution in [0.25, 0.3) is 0 Å². The van der Waals surface area contributed by atoms with Crippen LogP contribution in [-0.4, -0.2) is 21.6 Å². The number of hydrogen-bond acceptors (Lipinski definition) is 2. The van der Waals surface area contributed by atoms with E-state index in [4.69, 9.17) is 15.0 Å². The van der Waals surface area contributed by atoms with E-state index in [9.17, 15) is 4.79 Å². The highest BCUT2D eigenvalue weighted by atomic mass is 35.5. The zero-order valence-electron chi connectivity index (χ0n) is 6.59. The lowest BCUT2D eigenvalue weighted by molar-refractivity contribution is -0.145. The summed E-state index contributed by atoms with van der Waals surface area (Å²) in [4.78, 5) is 18.8. The minimum Gasteiger partial charge on any atom is -0.481 e. The summed E-state index contributed by atoms with van der Waals surface area (Å²) in [6, 6.07) is 0. The van der Waals surface area contributed by atoms with E-state index in [0.717, 1.165) is 0 Å². The molecule has 0 aliphatic rings. The summed E-state index contributed by atoms with van der Waals surface area (Å²) < 4.78 is 0. The van der Waals surface area contributed by atoms with E-state index in [2.05, 4.69) is 11.6 Å². The monoisotopic (exact) mass is 182 g/mol.